The Balaban J connectivity index is 2.17. The van der Waals surface area contributed by atoms with Crippen LogP contribution < -0.4 is 21.3 Å². The Labute approximate surface area is 294 Å². The van der Waals surface area contributed by atoms with Gasteiger partial charge in [0.25, 0.3) is 0 Å². The van der Waals surface area contributed by atoms with Gasteiger partial charge in [-0.1, -0.05) is 60.7 Å². The van der Waals surface area contributed by atoms with E-state index in [0.29, 0.717) is 0 Å². The highest BCUT2D eigenvalue weighted by atomic mass is 16.6. The summed E-state index contributed by atoms with van der Waals surface area (Å²) in [5.41, 5.74) is -2.14. The van der Waals surface area contributed by atoms with Crippen molar-refractivity contribution in [2.75, 3.05) is 6.61 Å². The van der Waals surface area contributed by atoms with Gasteiger partial charge in [-0.15, -0.1) is 0 Å². The molecule has 0 spiro atoms. The maximum Gasteiger partial charge on any atom is 0.408 e. The van der Waals surface area contributed by atoms with Crippen molar-refractivity contribution in [1.29, 1.82) is 0 Å². The van der Waals surface area contributed by atoms with E-state index in [9.17, 15) is 34.2 Å². The summed E-state index contributed by atoms with van der Waals surface area (Å²) in [6.07, 6.45) is -3.92. The third-order valence-corrected chi connectivity index (χ3v) is 7.64. The first-order chi connectivity index (χ1) is 23.2. The van der Waals surface area contributed by atoms with Gasteiger partial charge in [0.1, 0.15) is 16.7 Å². The van der Waals surface area contributed by atoms with Crippen molar-refractivity contribution >= 4 is 29.8 Å². The van der Waals surface area contributed by atoms with Crippen molar-refractivity contribution in [2.24, 2.45) is 0 Å². The summed E-state index contributed by atoms with van der Waals surface area (Å²) in [5, 5.41) is 32.9. The molecule has 2 rings (SSSR count). The molecule has 0 heterocycles. The summed E-state index contributed by atoms with van der Waals surface area (Å²) in [5.74, 6) is -2.54. The van der Waals surface area contributed by atoms with Crippen LogP contribution in [0.15, 0.2) is 60.7 Å². The van der Waals surface area contributed by atoms with E-state index in [0.717, 1.165) is 11.1 Å². The number of carbonyl (C=O) groups excluding carboxylic acids is 5. The summed E-state index contributed by atoms with van der Waals surface area (Å²) < 4.78 is 10.2. The zero-order valence-electron chi connectivity index (χ0n) is 30.4. The van der Waals surface area contributed by atoms with Gasteiger partial charge in [0, 0.05) is 0 Å². The fourth-order valence-corrected chi connectivity index (χ4v) is 4.94. The van der Waals surface area contributed by atoms with Crippen LogP contribution in [0.4, 0.5) is 4.79 Å². The van der Waals surface area contributed by atoms with Crippen molar-refractivity contribution < 1.29 is 43.7 Å². The molecule has 276 valence electrons. The molecular weight excluding hydrogens is 644 g/mol. The lowest BCUT2D eigenvalue weighted by molar-refractivity contribution is -0.146. The molecule has 0 aliphatic carbocycles. The van der Waals surface area contributed by atoms with E-state index >= 15 is 0 Å². The summed E-state index contributed by atoms with van der Waals surface area (Å²) in [7, 11) is 0. The zero-order valence-corrected chi connectivity index (χ0v) is 30.4. The largest absolute Gasteiger partial charge is 0.466 e. The number of hydrogen-bond acceptors (Lipinski definition) is 9. The molecule has 0 saturated heterocycles. The molecule has 50 heavy (non-hydrogen) atoms. The van der Waals surface area contributed by atoms with E-state index in [1.807, 2.05) is 48.5 Å². The molecule has 13 nitrogen and oxygen atoms in total. The van der Waals surface area contributed by atoms with Crippen molar-refractivity contribution in [3.8, 4) is 0 Å². The topological polar surface area (TPSA) is 192 Å². The minimum absolute atomic E-state index is 0.142. The lowest BCUT2D eigenvalue weighted by Crippen LogP contribution is -2.60. The monoisotopic (exact) mass is 698 g/mol. The van der Waals surface area contributed by atoms with Crippen LogP contribution in [0.3, 0.4) is 0 Å². The van der Waals surface area contributed by atoms with Gasteiger partial charge in [0.2, 0.25) is 17.7 Å². The standard InChI is InChI=1S/C37H54N4O9/c1-9-49-31(45)23-29(43)27(21-25-18-14-11-15-19-25)39-32(46)36(5,6)40-30(44)22-28(42)26(20-24-16-12-10-13-17-24)38-33(47)37(7,8)41-34(48)50-35(2,3)4/h10-19,26-29,42-43H,9,20-23H2,1-8H3,(H,38,47)(H,39,46)(H,40,44)(H,41,48)/t26-,27-,28+,29+/m0/s1. The molecule has 0 fully saturated rings. The molecule has 2 aromatic carbocycles. The van der Waals surface area contributed by atoms with Crippen LogP contribution in [0.5, 0.6) is 0 Å². The molecule has 0 radical (unpaired) electrons. The predicted octanol–water partition coefficient (Wildman–Crippen LogP) is 2.70. The fraction of sp³-hybridized carbons (Fsp3) is 0.541. The summed E-state index contributed by atoms with van der Waals surface area (Å²) in [4.78, 5) is 64.6. The highest BCUT2D eigenvalue weighted by molar-refractivity contribution is 5.91. The number of carbonyl (C=O) groups is 5. The van der Waals surface area contributed by atoms with Crippen LogP contribution in [0.25, 0.3) is 0 Å². The van der Waals surface area contributed by atoms with Crippen molar-refractivity contribution in [3.05, 3.63) is 71.8 Å². The molecule has 0 aliphatic heterocycles. The average Bonchev–Trinajstić information content (AvgIpc) is 2.99. The third-order valence-electron chi connectivity index (χ3n) is 7.64. The third kappa shape index (κ3) is 14.6. The second kappa shape index (κ2) is 18.5. The number of esters is 1. The van der Waals surface area contributed by atoms with E-state index in [-0.39, 0.29) is 25.9 Å². The van der Waals surface area contributed by atoms with Crippen molar-refractivity contribution in [1.82, 2.24) is 21.3 Å². The van der Waals surface area contributed by atoms with Crippen LogP contribution in [0.2, 0.25) is 0 Å². The zero-order chi connectivity index (χ0) is 37.7. The Morgan fingerprint density at radius 1 is 0.660 bits per heavy atom. The molecule has 6 N–H and O–H groups in total. The predicted molar refractivity (Wildman–Crippen MR) is 188 cm³/mol. The number of benzene rings is 2. The van der Waals surface area contributed by atoms with Gasteiger partial charge < -0.3 is 41.0 Å². The van der Waals surface area contributed by atoms with E-state index in [2.05, 4.69) is 21.3 Å². The lowest BCUT2D eigenvalue weighted by Gasteiger charge is -2.32. The van der Waals surface area contributed by atoms with Gasteiger partial charge in [-0.25, -0.2) is 4.79 Å². The number of ether oxygens (including phenoxy) is 2. The van der Waals surface area contributed by atoms with Crippen LogP contribution in [-0.2, 0) is 41.5 Å². The highest BCUT2D eigenvalue weighted by Gasteiger charge is 2.37. The Morgan fingerprint density at radius 2 is 1.08 bits per heavy atom. The van der Waals surface area contributed by atoms with Crippen LogP contribution in [0, 0.1) is 0 Å². The summed E-state index contributed by atoms with van der Waals surface area (Å²) in [6.45, 7) is 12.8. The fourth-order valence-electron chi connectivity index (χ4n) is 4.94. The molecule has 4 atom stereocenters. The SMILES string of the molecule is CCOC(=O)C[C@@H](O)[C@H](Cc1ccccc1)NC(=O)C(C)(C)NC(=O)C[C@@H](O)[C@H](Cc1ccccc1)NC(=O)C(C)(C)NC(=O)OC(C)(C)C. The Bertz CT molecular complexity index is 1430. The smallest absolute Gasteiger partial charge is 0.408 e. The summed E-state index contributed by atoms with van der Waals surface area (Å²) in [6, 6.07) is 16.3. The molecule has 0 aromatic heterocycles. The minimum atomic E-state index is -1.51. The van der Waals surface area contributed by atoms with Gasteiger partial charge in [-0.05, 0) is 79.4 Å². The van der Waals surface area contributed by atoms with E-state index in [1.165, 1.54) is 27.7 Å². The van der Waals surface area contributed by atoms with Gasteiger partial charge in [-0.3, -0.25) is 19.2 Å². The van der Waals surface area contributed by atoms with Crippen LogP contribution in [-0.4, -0.2) is 87.6 Å². The summed E-state index contributed by atoms with van der Waals surface area (Å²) >= 11 is 0. The number of aliphatic hydroxyl groups is 2. The normalized spacial score (nSPS) is 14.3. The quantitative estimate of drug-likeness (QED) is 0.135. The molecule has 0 aliphatic rings. The Morgan fingerprint density at radius 3 is 1.50 bits per heavy atom. The Hall–Kier alpha value is -4.49. The minimum Gasteiger partial charge on any atom is -0.466 e. The van der Waals surface area contributed by atoms with Crippen molar-refractivity contribution in [2.45, 2.75) is 122 Å². The number of alkyl carbamates (subject to hydrolysis) is 1. The number of aliphatic hydroxyl groups excluding tert-OH is 2. The van der Waals surface area contributed by atoms with Crippen LogP contribution >= 0.6 is 0 Å². The van der Waals surface area contributed by atoms with Crippen LogP contribution in [0.1, 0.15) is 79.4 Å². The van der Waals surface area contributed by atoms with Gasteiger partial charge >= 0.3 is 12.1 Å². The molecular formula is C37H54N4O9. The van der Waals surface area contributed by atoms with Gasteiger partial charge in [-0.2, -0.15) is 0 Å². The second-order valence-corrected chi connectivity index (χ2v) is 14.3. The first-order valence-corrected chi connectivity index (χ1v) is 16.8. The number of amides is 4. The molecule has 2 aromatic rings. The Kier molecular flexibility index (Phi) is 15.4. The van der Waals surface area contributed by atoms with E-state index in [4.69, 9.17) is 9.47 Å². The molecule has 0 bridgehead atoms. The number of nitrogens with one attached hydrogen (secondary N) is 4. The molecule has 4 amide bonds. The lowest BCUT2D eigenvalue weighted by atomic mass is 9.95. The first kappa shape index (κ1) is 41.7. The number of rotatable bonds is 17. The second-order valence-electron chi connectivity index (χ2n) is 14.3. The highest BCUT2D eigenvalue weighted by Crippen LogP contribution is 2.16. The molecule has 13 heteroatoms. The average molecular weight is 699 g/mol. The van der Waals surface area contributed by atoms with Gasteiger partial charge in [0.05, 0.1) is 43.7 Å². The molecule has 0 saturated carbocycles. The van der Waals surface area contributed by atoms with Crippen molar-refractivity contribution in [3.63, 3.8) is 0 Å². The first-order valence-electron chi connectivity index (χ1n) is 16.8. The molecule has 0 unspecified atom stereocenters. The maximum absolute atomic E-state index is 13.5. The van der Waals surface area contributed by atoms with E-state index < -0.39 is 77.2 Å². The van der Waals surface area contributed by atoms with Gasteiger partial charge in [0.15, 0.2) is 0 Å². The number of hydrogen-bond donors (Lipinski definition) is 6. The maximum atomic E-state index is 13.5. The van der Waals surface area contributed by atoms with E-state index in [1.54, 1.807) is 39.8 Å².